The number of amides is 1. The number of hydrogen-bond acceptors (Lipinski definition) is 2. The van der Waals surface area contributed by atoms with Crippen LogP contribution in [0.1, 0.15) is 26.2 Å². The van der Waals surface area contributed by atoms with Crippen molar-refractivity contribution >= 4 is 17.4 Å². The van der Waals surface area contributed by atoms with E-state index in [0.717, 1.165) is 4.90 Å². The molecule has 1 aliphatic rings. The minimum Gasteiger partial charge on any atom is -0.307 e. The summed E-state index contributed by atoms with van der Waals surface area (Å²) < 4.78 is 40.3. The molecule has 108 valence electrons. The standard InChI is InChI=1S/C14H14F3NO2/c1-2-12(19)9-4-3-5-18(14(9)20)13-10(16)6-8(15)7-11(13)17/h6-7,9H,2-5H2,1H3. The van der Waals surface area contributed by atoms with Gasteiger partial charge in [-0.15, -0.1) is 0 Å². The van der Waals surface area contributed by atoms with Gasteiger partial charge in [-0.25, -0.2) is 13.2 Å². The summed E-state index contributed by atoms with van der Waals surface area (Å²) >= 11 is 0. The zero-order valence-electron chi connectivity index (χ0n) is 11.0. The highest BCUT2D eigenvalue weighted by atomic mass is 19.1. The highest BCUT2D eigenvalue weighted by molar-refractivity contribution is 6.09. The van der Waals surface area contributed by atoms with Gasteiger partial charge in [-0.3, -0.25) is 9.59 Å². The molecule has 1 atom stereocenters. The molecular formula is C14H14F3NO2. The van der Waals surface area contributed by atoms with Gasteiger partial charge < -0.3 is 4.90 Å². The van der Waals surface area contributed by atoms with Crippen molar-refractivity contribution in [1.82, 2.24) is 0 Å². The molecular weight excluding hydrogens is 271 g/mol. The Labute approximate surface area is 114 Å². The molecule has 0 aliphatic carbocycles. The minimum atomic E-state index is -1.14. The second-order valence-corrected chi connectivity index (χ2v) is 4.72. The van der Waals surface area contributed by atoms with Gasteiger partial charge in [0.25, 0.3) is 0 Å². The zero-order chi connectivity index (χ0) is 14.9. The van der Waals surface area contributed by atoms with Crippen molar-refractivity contribution in [1.29, 1.82) is 0 Å². The zero-order valence-corrected chi connectivity index (χ0v) is 11.0. The van der Waals surface area contributed by atoms with Crippen molar-refractivity contribution in [2.45, 2.75) is 26.2 Å². The first-order valence-corrected chi connectivity index (χ1v) is 6.44. The monoisotopic (exact) mass is 285 g/mol. The van der Waals surface area contributed by atoms with E-state index in [1.165, 1.54) is 0 Å². The Balaban J connectivity index is 2.38. The van der Waals surface area contributed by atoms with Crippen LogP contribution in [0.15, 0.2) is 12.1 Å². The first kappa shape index (κ1) is 14.6. The number of rotatable bonds is 3. The van der Waals surface area contributed by atoms with Crippen molar-refractivity contribution in [2.24, 2.45) is 5.92 Å². The molecule has 0 radical (unpaired) electrons. The fourth-order valence-electron chi connectivity index (χ4n) is 2.43. The quantitative estimate of drug-likeness (QED) is 0.801. The van der Waals surface area contributed by atoms with Gasteiger partial charge in [-0.2, -0.15) is 0 Å². The number of hydrogen-bond donors (Lipinski definition) is 0. The van der Waals surface area contributed by atoms with Crippen LogP contribution in [0.5, 0.6) is 0 Å². The van der Waals surface area contributed by atoms with Crippen molar-refractivity contribution in [3.05, 3.63) is 29.6 Å². The largest absolute Gasteiger partial charge is 0.307 e. The molecule has 1 aliphatic heterocycles. The number of Topliss-reactive ketones (excluding diaryl/α,β-unsaturated/α-hetero) is 1. The van der Waals surface area contributed by atoms with Crippen LogP contribution in [-0.2, 0) is 9.59 Å². The number of carbonyl (C=O) groups excluding carboxylic acids is 2. The van der Waals surface area contributed by atoms with Gasteiger partial charge >= 0.3 is 0 Å². The van der Waals surface area contributed by atoms with Crippen LogP contribution in [0.2, 0.25) is 0 Å². The second kappa shape index (κ2) is 5.64. The summed E-state index contributed by atoms with van der Waals surface area (Å²) in [4.78, 5) is 24.8. The van der Waals surface area contributed by atoms with Gasteiger partial charge in [-0.05, 0) is 12.8 Å². The van der Waals surface area contributed by atoms with Gasteiger partial charge in [0.05, 0.1) is 5.92 Å². The molecule has 1 aromatic carbocycles. The maximum absolute atomic E-state index is 13.7. The lowest BCUT2D eigenvalue weighted by Crippen LogP contribution is -2.45. The Morgan fingerprint density at radius 2 is 1.90 bits per heavy atom. The van der Waals surface area contributed by atoms with E-state index in [4.69, 9.17) is 0 Å². The number of anilines is 1. The average molecular weight is 285 g/mol. The van der Waals surface area contributed by atoms with Crippen LogP contribution < -0.4 is 4.90 Å². The number of nitrogens with zero attached hydrogens (tertiary/aromatic N) is 1. The van der Waals surface area contributed by atoms with E-state index in [1.54, 1.807) is 6.92 Å². The Morgan fingerprint density at radius 3 is 2.45 bits per heavy atom. The third kappa shape index (κ3) is 2.55. The molecule has 1 amide bonds. The van der Waals surface area contributed by atoms with E-state index < -0.39 is 35.0 Å². The van der Waals surface area contributed by atoms with Crippen LogP contribution in [0.3, 0.4) is 0 Å². The Morgan fingerprint density at radius 1 is 1.30 bits per heavy atom. The molecule has 6 heteroatoms. The van der Waals surface area contributed by atoms with Gasteiger partial charge in [0, 0.05) is 25.1 Å². The van der Waals surface area contributed by atoms with E-state index in [9.17, 15) is 22.8 Å². The van der Waals surface area contributed by atoms with Crippen LogP contribution in [-0.4, -0.2) is 18.2 Å². The molecule has 1 saturated heterocycles. The predicted molar refractivity (Wildman–Crippen MR) is 66.7 cm³/mol. The molecule has 2 rings (SSSR count). The van der Waals surface area contributed by atoms with Crippen molar-refractivity contribution in [3.63, 3.8) is 0 Å². The molecule has 0 bridgehead atoms. The minimum absolute atomic E-state index is 0.117. The number of halogens is 3. The summed E-state index contributed by atoms with van der Waals surface area (Å²) in [5.74, 6) is -5.05. The van der Waals surface area contributed by atoms with E-state index in [-0.39, 0.29) is 18.7 Å². The molecule has 0 spiro atoms. The van der Waals surface area contributed by atoms with Gasteiger partial charge in [0.1, 0.15) is 17.3 Å². The average Bonchev–Trinajstić information content (AvgIpc) is 2.38. The van der Waals surface area contributed by atoms with Crippen molar-refractivity contribution in [3.8, 4) is 0 Å². The Hall–Kier alpha value is -1.85. The third-order valence-corrected chi connectivity index (χ3v) is 3.43. The first-order valence-electron chi connectivity index (χ1n) is 6.44. The first-order chi connectivity index (χ1) is 9.45. The Bertz CT molecular complexity index is 536. The second-order valence-electron chi connectivity index (χ2n) is 4.72. The predicted octanol–water partition coefficient (Wildman–Crippen LogP) is 2.83. The molecule has 1 heterocycles. The topological polar surface area (TPSA) is 37.4 Å². The number of carbonyl (C=O) groups is 2. The SMILES string of the molecule is CCC(=O)C1CCCN(c2c(F)cc(F)cc2F)C1=O. The highest BCUT2D eigenvalue weighted by Crippen LogP contribution is 2.30. The fraction of sp³-hybridized carbons (Fsp3) is 0.429. The van der Waals surface area contributed by atoms with Crippen molar-refractivity contribution < 1.29 is 22.8 Å². The summed E-state index contributed by atoms with van der Waals surface area (Å²) in [6.45, 7) is 1.75. The maximum Gasteiger partial charge on any atom is 0.237 e. The lowest BCUT2D eigenvalue weighted by molar-refractivity contribution is -0.133. The number of piperidine rings is 1. The normalized spacial score (nSPS) is 19.3. The van der Waals surface area contributed by atoms with E-state index in [1.807, 2.05) is 0 Å². The lowest BCUT2D eigenvalue weighted by Gasteiger charge is -2.31. The fourth-order valence-corrected chi connectivity index (χ4v) is 2.43. The maximum atomic E-state index is 13.7. The molecule has 20 heavy (non-hydrogen) atoms. The van der Waals surface area contributed by atoms with E-state index in [0.29, 0.717) is 25.0 Å². The lowest BCUT2D eigenvalue weighted by atomic mass is 9.91. The van der Waals surface area contributed by atoms with Crippen LogP contribution in [0, 0.1) is 23.4 Å². The molecule has 1 unspecified atom stereocenters. The molecule has 0 saturated carbocycles. The molecule has 1 aromatic rings. The smallest absolute Gasteiger partial charge is 0.237 e. The summed E-state index contributed by atoms with van der Waals surface area (Å²) in [5, 5.41) is 0. The van der Waals surface area contributed by atoms with E-state index in [2.05, 4.69) is 0 Å². The van der Waals surface area contributed by atoms with Gasteiger partial charge in [0.15, 0.2) is 11.6 Å². The summed E-state index contributed by atoms with van der Waals surface area (Å²) in [6.07, 6.45) is 1.05. The Kier molecular flexibility index (Phi) is 4.11. The van der Waals surface area contributed by atoms with Crippen molar-refractivity contribution in [2.75, 3.05) is 11.4 Å². The molecule has 0 N–H and O–H groups in total. The molecule has 0 aromatic heterocycles. The molecule has 3 nitrogen and oxygen atoms in total. The summed E-state index contributed by atoms with van der Waals surface area (Å²) in [7, 11) is 0. The highest BCUT2D eigenvalue weighted by Gasteiger charge is 2.36. The van der Waals surface area contributed by atoms with Crippen LogP contribution in [0.4, 0.5) is 18.9 Å². The summed E-state index contributed by atoms with van der Waals surface area (Å²) in [5.41, 5.74) is -0.579. The summed E-state index contributed by atoms with van der Waals surface area (Å²) in [6, 6.07) is 1.05. The number of ketones is 1. The number of benzene rings is 1. The third-order valence-electron chi connectivity index (χ3n) is 3.43. The van der Waals surface area contributed by atoms with Gasteiger partial charge in [-0.1, -0.05) is 6.92 Å². The van der Waals surface area contributed by atoms with Crippen LogP contribution >= 0.6 is 0 Å². The van der Waals surface area contributed by atoms with Gasteiger partial charge in [0.2, 0.25) is 5.91 Å². The van der Waals surface area contributed by atoms with E-state index >= 15 is 0 Å². The molecule has 1 fully saturated rings. The van der Waals surface area contributed by atoms with Crippen LogP contribution in [0.25, 0.3) is 0 Å².